The van der Waals surface area contributed by atoms with Gasteiger partial charge in [0.05, 0.1) is 0 Å². The lowest BCUT2D eigenvalue weighted by Crippen LogP contribution is -2.55. The van der Waals surface area contributed by atoms with Crippen LogP contribution >= 0.6 is 11.3 Å². The molecule has 0 amide bonds. The zero-order chi connectivity index (χ0) is 24.5. The van der Waals surface area contributed by atoms with E-state index >= 15 is 0 Å². The van der Waals surface area contributed by atoms with E-state index in [0.717, 1.165) is 24.7 Å². The third-order valence-electron chi connectivity index (χ3n) is 5.72. The van der Waals surface area contributed by atoms with Crippen LogP contribution in [0.5, 0.6) is 5.75 Å². The summed E-state index contributed by atoms with van der Waals surface area (Å²) in [5.41, 5.74) is 0.578. The number of ether oxygens (including phenoxy) is 1. The summed E-state index contributed by atoms with van der Waals surface area (Å²) < 4.78 is 44.4. The van der Waals surface area contributed by atoms with Crippen LogP contribution in [0.4, 0.5) is 18.3 Å². The van der Waals surface area contributed by atoms with E-state index < -0.39 is 17.8 Å². The molecule has 1 aliphatic heterocycles. The summed E-state index contributed by atoms with van der Waals surface area (Å²) in [6.07, 6.45) is -4.49. The van der Waals surface area contributed by atoms with Gasteiger partial charge in [-0.2, -0.15) is 13.2 Å². The summed E-state index contributed by atoms with van der Waals surface area (Å²) >= 11 is 1.19. The highest BCUT2D eigenvalue weighted by atomic mass is 32.1. The van der Waals surface area contributed by atoms with Crippen molar-refractivity contribution >= 4 is 32.8 Å². The van der Waals surface area contributed by atoms with Gasteiger partial charge in [0, 0.05) is 32.2 Å². The minimum atomic E-state index is -4.49. The summed E-state index contributed by atoms with van der Waals surface area (Å²) in [6, 6.07) is 9.86. The van der Waals surface area contributed by atoms with Crippen LogP contribution in [0.1, 0.15) is 25.1 Å². The first-order valence-electron chi connectivity index (χ1n) is 10.9. The Kier molecular flexibility index (Phi) is 6.94. The number of anilines is 1. The highest BCUT2D eigenvalue weighted by molar-refractivity contribution is 7.21. The molecule has 0 spiro atoms. The van der Waals surface area contributed by atoms with E-state index in [1.165, 1.54) is 17.4 Å². The maximum Gasteiger partial charge on any atom is 0.433 e. The molecule has 7 nitrogen and oxygen atoms in total. The highest BCUT2D eigenvalue weighted by Gasteiger charge is 2.34. The maximum atomic E-state index is 13.0. The van der Waals surface area contributed by atoms with Crippen LogP contribution in [-0.2, 0) is 17.5 Å². The first kappa shape index (κ1) is 24.2. The number of pyridine rings is 1. The molecule has 11 heteroatoms. The predicted molar refractivity (Wildman–Crippen MR) is 123 cm³/mol. The van der Waals surface area contributed by atoms with Gasteiger partial charge >= 0.3 is 12.1 Å². The van der Waals surface area contributed by atoms with E-state index in [1.54, 1.807) is 6.07 Å². The topological polar surface area (TPSA) is 78.8 Å². The molecule has 0 radical (unpaired) electrons. The largest absolute Gasteiger partial charge is 0.482 e. The monoisotopic (exact) mass is 494 g/mol. The molecule has 0 aliphatic carbocycles. The number of aromatic nitrogens is 2. The summed E-state index contributed by atoms with van der Waals surface area (Å²) in [4.78, 5) is 23.9. The molecule has 1 N–H and O–H groups in total. The van der Waals surface area contributed by atoms with Crippen LogP contribution in [0.2, 0.25) is 0 Å². The minimum Gasteiger partial charge on any atom is -0.482 e. The van der Waals surface area contributed by atoms with E-state index in [1.807, 2.05) is 18.2 Å². The molecule has 2 aromatic heterocycles. The fraction of sp³-hybridized carbons (Fsp3) is 0.435. The van der Waals surface area contributed by atoms with Crippen LogP contribution in [0.15, 0.2) is 36.4 Å². The van der Waals surface area contributed by atoms with Crippen molar-refractivity contribution in [3.63, 3.8) is 0 Å². The van der Waals surface area contributed by atoms with E-state index in [2.05, 4.69) is 33.6 Å². The maximum absolute atomic E-state index is 13.0. The van der Waals surface area contributed by atoms with Crippen LogP contribution in [0, 0.1) is 5.92 Å². The van der Waals surface area contributed by atoms with Crippen molar-refractivity contribution in [2.45, 2.75) is 32.6 Å². The molecule has 3 heterocycles. The molecular formula is C23H25F3N4O3S. The lowest BCUT2D eigenvalue weighted by molar-refractivity contribution is -0.141. The average Bonchev–Trinajstić information content (AvgIpc) is 3.20. The summed E-state index contributed by atoms with van der Waals surface area (Å²) in [5, 5.41) is 9.49. The van der Waals surface area contributed by atoms with Gasteiger partial charge in [-0.05, 0) is 35.7 Å². The summed E-state index contributed by atoms with van der Waals surface area (Å²) in [5.74, 6) is -0.223. The number of rotatable bonds is 7. The van der Waals surface area contributed by atoms with E-state index in [4.69, 9.17) is 9.84 Å². The molecule has 1 atom stereocenters. The number of halogens is 3. The number of nitrogens with zero attached hydrogens (tertiary/aromatic N) is 4. The molecule has 1 aromatic carbocycles. The van der Waals surface area contributed by atoms with E-state index in [-0.39, 0.29) is 17.5 Å². The van der Waals surface area contributed by atoms with Gasteiger partial charge in [-0.25, -0.2) is 14.8 Å². The van der Waals surface area contributed by atoms with Crippen LogP contribution < -0.4 is 9.64 Å². The zero-order valence-electron chi connectivity index (χ0n) is 18.7. The van der Waals surface area contributed by atoms with Crippen molar-refractivity contribution < 1.29 is 27.8 Å². The van der Waals surface area contributed by atoms with Crippen LogP contribution in [0.3, 0.4) is 0 Å². The zero-order valence-corrected chi connectivity index (χ0v) is 19.6. The standard InChI is InChI=1S/C23H25F3N4O3S/c1-14(2)18-12-29(11-15-4-3-5-16(10-15)33-13-20(31)32)8-9-30(18)22-27-17-6-7-19(23(24,25)26)28-21(17)34-22/h3-7,10,14,18H,8-9,11-13H2,1-2H3,(H,31,32)/t18-/m1/s1. The molecule has 182 valence electrons. The van der Waals surface area contributed by atoms with Gasteiger partial charge < -0.3 is 14.7 Å². The fourth-order valence-corrected chi connectivity index (χ4v) is 5.07. The van der Waals surface area contributed by atoms with Crippen molar-refractivity contribution in [2.75, 3.05) is 31.1 Å². The number of hydrogen-bond donors (Lipinski definition) is 1. The Hall–Kier alpha value is -2.92. The van der Waals surface area contributed by atoms with E-state index in [9.17, 15) is 18.0 Å². The van der Waals surface area contributed by atoms with Crippen LogP contribution in [-0.4, -0.2) is 58.2 Å². The van der Waals surface area contributed by atoms with Gasteiger partial charge in [0.15, 0.2) is 11.7 Å². The number of thiazole rings is 1. The highest BCUT2D eigenvalue weighted by Crippen LogP contribution is 2.35. The Labute approximate surface area is 198 Å². The number of aliphatic carboxylic acids is 1. The van der Waals surface area contributed by atoms with Gasteiger partial charge in [-0.1, -0.05) is 37.3 Å². The first-order valence-corrected chi connectivity index (χ1v) is 11.7. The SMILES string of the molecule is CC(C)[C@H]1CN(Cc2cccc(OCC(=O)O)c2)CCN1c1nc2ccc(C(F)(F)F)nc2s1. The van der Waals surface area contributed by atoms with Crippen molar-refractivity contribution in [3.8, 4) is 5.75 Å². The molecule has 0 unspecified atom stereocenters. The molecule has 3 aromatic rings. The van der Waals surface area contributed by atoms with Gasteiger partial charge in [0.25, 0.3) is 0 Å². The Morgan fingerprint density at radius 1 is 1.24 bits per heavy atom. The average molecular weight is 495 g/mol. The Morgan fingerprint density at radius 2 is 2.03 bits per heavy atom. The molecule has 34 heavy (non-hydrogen) atoms. The third-order valence-corrected chi connectivity index (χ3v) is 6.72. The number of piperazine rings is 1. The van der Waals surface area contributed by atoms with Crippen LogP contribution in [0.25, 0.3) is 10.3 Å². The second-order valence-corrected chi connectivity index (χ2v) is 9.54. The Balaban J connectivity index is 1.48. The summed E-state index contributed by atoms with van der Waals surface area (Å²) in [6.45, 7) is 6.72. The molecule has 1 aliphatic rings. The van der Waals surface area contributed by atoms with Crippen molar-refractivity contribution in [1.29, 1.82) is 0 Å². The molecule has 1 fully saturated rings. The lowest BCUT2D eigenvalue weighted by Gasteiger charge is -2.43. The number of carboxylic acids is 1. The minimum absolute atomic E-state index is 0.128. The summed E-state index contributed by atoms with van der Waals surface area (Å²) in [7, 11) is 0. The van der Waals surface area contributed by atoms with Gasteiger partial charge in [-0.15, -0.1) is 0 Å². The quantitative estimate of drug-likeness (QED) is 0.517. The van der Waals surface area contributed by atoms with Gasteiger partial charge in [0.2, 0.25) is 0 Å². The Bertz CT molecular complexity index is 1170. The molecular weight excluding hydrogens is 469 g/mol. The number of hydrogen-bond acceptors (Lipinski definition) is 7. The lowest BCUT2D eigenvalue weighted by atomic mass is 9.99. The predicted octanol–water partition coefficient (Wildman–Crippen LogP) is 4.52. The number of benzene rings is 1. The molecule has 4 rings (SSSR count). The normalized spacial score (nSPS) is 17.5. The van der Waals surface area contributed by atoms with Crippen molar-refractivity contribution in [1.82, 2.24) is 14.9 Å². The molecule has 0 bridgehead atoms. The second-order valence-electron chi connectivity index (χ2n) is 8.58. The smallest absolute Gasteiger partial charge is 0.433 e. The Morgan fingerprint density at radius 3 is 2.74 bits per heavy atom. The van der Waals surface area contributed by atoms with Crippen molar-refractivity contribution in [2.24, 2.45) is 5.92 Å². The van der Waals surface area contributed by atoms with E-state index in [0.29, 0.717) is 35.4 Å². The number of fused-ring (bicyclic) bond motifs is 1. The third kappa shape index (κ3) is 5.58. The van der Waals surface area contributed by atoms with Gasteiger partial charge in [-0.3, -0.25) is 4.90 Å². The second kappa shape index (κ2) is 9.75. The molecule has 0 saturated carbocycles. The van der Waals surface area contributed by atoms with Gasteiger partial charge in [0.1, 0.15) is 21.8 Å². The number of alkyl halides is 3. The number of carboxylic acid groups (broad SMARTS) is 1. The number of carbonyl (C=O) groups is 1. The first-order chi connectivity index (χ1) is 16.1. The van der Waals surface area contributed by atoms with Crippen molar-refractivity contribution in [3.05, 3.63) is 47.7 Å². The molecule has 1 saturated heterocycles. The fourth-order valence-electron chi connectivity index (χ4n) is 4.04.